The normalized spacial score (nSPS) is 16.6. The van der Waals surface area contributed by atoms with Gasteiger partial charge in [0, 0.05) is 19.0 Å². The van der Waals surface area contributed by atoms with E-state index in [1.807, 2.05) is 0 Å². The van der Waals surface area contributed by atoms with E-state index in [9.17, 15) is 9.59 Å². The SMILES string of the molecule is C=CC(=O)N1CCC(c2nc(C(N)=O)no2)CC1. The molecule has 7 nitrogen and oxygen atoms in total. The number of carbonyl (C=O) groups is 2. The first-order valence-corrected chi connectivity index (χ1v) is 5.66. The number of nitrogens with two attached hydrogens (primary N) is 1. The molecule has 2 heterocycles. The molecule has 1 aliphatic heterocycles. The fourth-order valence-electron chi connectivity index (χ4n) is 1.98. The highest BCUT2D eigenvalue weighted by atomic mass is 16.5. The van der Waals surface area contributed by atoms with Crippen LogP contribution in [0.5, 0.6) is 0 Å². The van der Waals surface area contributed by atoms with Crippen molar-refractivity contribution in [2.45, 2.75) is 18.8 Å². The summed E-state index contributed by atoms with van der Waals surface area (Å²) in [6.07, 6.45) is 2.75. The van der Waals surface area contributed by atoms with Gasteiger partial charge in [0.2, 0.25) is 11.8 Å². The van der Waals surface area contributed by atoms with Gasteiger partial charge in [-0.1, -0.05) is 11.7 Å². The Morgan fingerprint density at radius 3 is 2.61 bits per heavy atom. The summed E-state index contributed by atoms with van der Waals surface area (Å²) in [5, 5.41) is 3.50. The number of nitrogens with zero attached hydrogens (tertiary/aromatic N) is 3. The van der Waals surface area contributed by atoms with Crippen molar-refractivity contribution in [2.75, 3.05) is 13.1 Å². The number of piperidine rings is 1. The predicted molar refractivity (Wildman–Crippen MR) is 61.6 cm³/mol. The minimum absolute atomic E-state index is 0.0689. The number of carbonyl (C=O) groups excluding carboxylic acids is 2. The molecular weight excluding hydrogens is 236 g/mol. The lowest BCUT2D eigenvalue weighted by molar-refractivity contribution is -0.127. The zero-order valence-electron chi connectivity index (χ0n) is 9.83. The van der Waals surface area contributed by atoms with Crippen LogP contribution in [0.15, 0.2) is 17.2 Å². The summed E-state index contributed by atoms with van der Waals surface area (Å²) in [4.78, 5) is 27.9. The van der Waals surface area contributed by atoms with Crippen molar-refractivity contribution in [1.82, 2.24) is 15.0 Å². The van der Waals surface area contributed by atoms with Crippen LogP contribution in [-0.4, -0.2) is 39.9 Å². The van der Waals surface area contributed by atoms with Crippen molar-refractivity contribution in [1.29, 1.82) is 0 Å². The van der Waals surface area contributed by atoms with E-state index >= 15 is 0 Å². The highest BCUT2D eigenvalue weighted by molar-refractivity contribution is 5.88. The van der Waals surface area contributed by atoms with Crippen LogP contribution >= 0.6 is 0 Å². The molecule has 0 spiro atoms. The van der Waals surface area contributed by atoms with Crippen molar-refractivity contribution < 1.29 is 14.1 Å². The number of aromatic nitrogens is 2. The van der Waals surface area contributed by atoms with Gasteiger partial charge in [-0.2, -0.15) is 4.98 Å². The molecule has 1 aromatic rings. The molecule has 0 aliphatic carbocycles. The number of likely N-dealkylation sites (tertiary alicyclic amines) is 1. The topological polar surface area (TPSA) is 102 Å². The molecule has 0 bridgehead atoms. The second kappa shape index (κ2) is 4.99. The number of amides is 2. The Morgan fingerprint density at radius 1 is 1.44 bits per heavy atom. The van der Waals surface area contributed by atoms with Gasteiger partial charge in [-0.25, -0.2) is 0 Å². The van der Waals surface area contributed by atoms with Gasteiger partial charge >= 0.3 is 0 Å². The van der Waals surface area contributed by atoms with Crippen LogP contribution < -0.4 is 5.73 Å². The number of hydrogen-bond acceptors (Lipinski definition) is 5. The predicted octanol–water partition coefficient (Wildman–Crippen LogP) is 0.0605. The van der Waals surface area contributed by atoms with Gasteiger partial charge < -0.3 is 15.2 Å². The third-order valence-corrected chi connectivity index (χ3v) is 2.99. The average Bonchev–Trinajstić information content (AvgIpc) is 2.88. The van der Waals surface area contributed by atoms with Crippen molar-refractivity contribution in [3.63, 3.8) is 0 Å². The van der Waals surface area contributed by atoms with E-state index in [0.29, 0.717) is 19.0 Å². The maximum Gasteiger partial charge on any atom is 0.290 e. The van der Waals surface area contributed by atoms with Gasteiger partial charge in [-0.3, -0.25) is 9.59 Å². The largest absolute Gasteiger partial charge is 0.363 e. The standard InChI is InChI=1S/C11H14N4O3/c1-2-8(16)15-5-3-7(4-6-15)11-13-10(9(12)17)14-18-11/h2,7H,1,3-6H2,(H2,12,17). The Hall–Kier alpha value is -2.18. The Labute approximate surface area is 104 Å². The number of hydrogen-bond donors (Lipinski definition) is 1. The molecular formula is C11H14N4O3. The first-order valence-electron chi connectivity index (χ1n) is 5.66. The van der Waals surface area contributed by atoms with Crippen LogP contribution in [0.1, 0.15) is 35.3 Å². The van der Waals surface area contributed by atoms with Gasteiger partial charge in [0.25, 0.3) is 11.7 Å². The third kappa shape index (κ3) is 2.39. The van der Waals surface area contributed by atoms with Crippen LogP contribution in [0, 0.1) is 0 Å². The van der Waals surface area contributed by atoms with Crippen LogP contribution in [0.25, 0.3) is 0 Å². The molecule has 0 saturated carbocycles. The lowest BCUT2D eigenvalue weighted by Gasteiger charge is -2.29. The molecule has 18 heavy (non-hydrogen) atoms. The summed E-state index contributed by atoms with van der Waals surface area (Å²) >= 11 is 0. The Balaban J connectivity index is 1.98. The fraction of sp³-hybridized carbons (Fsp3) is 0.455. The van der Waals surface area contributed by atoms with Crippen LogP contribution in [0.3, 0.4) is 0 Å². The second-order valence-corrected chi connectivity index (χ2v) is 4.12. The van der Waals surface area contributed by atoms with Gasteiger partial charge in [-0.05, 0) is 18.9 Å². The Kier molecular flexibility index (Phi) is 3.40. The van der Waals surface area contributed by atoms with Crippen LogP contribution in [0.4, 0.5) is 0 Å². The molecule has 1 aliphatic rings. The monoisotopic (exact) mass is 250 g/mol. The first kappa shape index (κ1) is 12.3. The zero-order valence-corrected chi connectivity index (χ0v) is 9.83. The van der Waals surface area contributed by atoms with E-state index < -0.39 is 5.91 Å². The minimum atomic E-state index is -0.704. The Bertz CT molecular complexity index is 474. The van der Waals surface area contributed by atoms with Gasteiger partial charge in [0.1, 0.15) is 0 Å². The van der Waals surface area contributed by atoms with Gasteiger partial charge in [0.15, 0.2) is 0 Å². The third-order valence-electron chi connectivity index (χ3n) is 2.99. The van der Waals surface area contributed by atoms with E-state index in [4.69, 9.17) is 10.3 Å². The first-order chi connectivity index (χ1) is 8.61. The van der Waals surface area contributed by atoms with Crippen molar-refractivity contribution in [3.05, 3.63) is 24.4 Å². The molecule has 2 rings (SSSR count). The molecule has 0 radical (unpaired) electrons. The molecule has 1 aromatic heterocycles. The quantitative estimate of drug-likeness (QED) is 0.764. The summed E-state index contributed by atoms with van der Waals surface area (Å²) < 4.78 is 5.00. The second-order valence-electron chi connectivity index (χ2n) is 4.12. The van der Waals surface area contributed by atoms with Crippen molar-refractivity contribution >= 4 is 11.8 Å². The van der Waals surface area contributed by atoms with E-state index in [1.54, 1.807) is 4.90 Å². The summed E-state index contributed by atoms with van der Waals surface area (Å²) in [5.74, 6) is -0.398. The maximum absolute atomic E-state index is 11.4. The Morgan fingerprint density at radius 2 is 2.11 bits per heavy atom. The maximum atomic E-state index is 11.4. The van der Waals surface area contributed by atoms with E-state index in [2.05, 4.69) is 16.7 Å². The van der Waals surface area contributed by atoms with E-state index in [1.165, 1.54) is 6.08 Å². The number of primary amides is 1. The molecule has 0 unspecified atom stereocenters. The molecule has 96 valence electrons. The summed E-state index contributed by atoms with van der Waals surface area (Å²) in [6, 6.07) is 0. The van der Waals surface area contributed by atoms with Gasteiger partial charge in [0.05, 0.1) is 0 Å². The smallest absolute Gasteiger partial charge is 0.290 e. The molecule has 0 aromatic carbocycles. The zero-order chi connectivity index (χ0) is 13.1. The van der Waals surface area contributed by atoms with Crippen molar-refractivity contribution in [3.8, 4) is 0 Å². The lowest BCUT2D eigenvalue weighted by Crippen LogP contribution is -2.36. The molecule has 1 fully saturated rings. The average molecular weight is 250 g/mol. The fourth-order valence-corrected chi connectivity index (χ4v) is 1.98. The number of rotatable bonds is 3. The summed E-state index contributed by atoms with van der Waals surface area (Å²) in [6.45, 7) is 4.68. The molecule has 1 saturated heterocycles. The van der Waals surface area contributed by atoms with Crippen LogP contribution in [0.2, 0.25) is 0 Å². The molecule has 2 amide bonds. The highest BCUT2D eigenvalue weighted by Gasteiger charge is 2.27. The molecule has 0 atom stereocenters. The summed E-state index contributed by atoms with van der Waals surface area (Å²) in [5.41, 5.74) is 5.05. The summed E-state index contributed by atoms with van der Waals surface area (Å²) in [7, 11) is 0. The molecule has 2 N–H and O–H groups in total. The van der Waals surface area contributed by atoms with E-state index in [0.717, 1.165) is 12.8 Å². The van der Waals surface area contributed by atoms with Crippen LogP contribution in [-0.2, 0) is 4.79 Å². The highest BCUT2D eigenvalue weighted by Crippen LogP contribution is 2.26. The molecule has 7 heteroatoms. The minimum Gasteiger partial charge on any atom is -0.363 e. The van der Waals surface area contributed by atoms with E-state index in [-0.39, 0.29) is 17.6 Å². The van der Waals surface area contributed by atoms with Crippen molar-refractivity contribution in [2.24, 2.45) is 5.73 Å². The van der Waals surface area contributed by atoms with Gasteiger partial charge in [-0.15, -0.1) is 0 Å². The lowest BCUT2D eigenvalue weighted by atomic mass is 9.97.